The van der Waals surface area contributed by atoms with E-state index in [0.29, 0.717) is 69.2 Å². The number of rotatable bonds is 43. The van der Waals surface area contributed by atoms with Crippen LogP contribution in [0.4, 0.5) is 0 Å². The number of benzene rings is 2. The first-order valence-electron chi connectivity index (χ1n) is 32.8. The van der Waals surface area contributed by atoms with Gasteiger partial charge in [0.2, 0.25) is 0 Å². The molecular weight excluding hydrogens is 1420 g/mol. The second kappa shape index (κ2) is 70.2. The largest absolute Gasteiger partial charge is 0.466 e. The summed E-state index contributed by atoms with van der Waals surface area (Å²) < 4.78 is 69.2. The first-order valence-corrected chi connectivity index (χ1v) is 33.3. The highest BCUT2D eigenvalue weighted by Crippen LogP contribution is 2.26. The summed E-state index contributed by atoms with van der Waals surface area (Å²) in [7, 11) is 1.33. The maximum Gasteiger partial charge on any atom is 0.333 e. The van der Waals surface area contributed by atoms with Crippen molar-refractivity contribution in [2.45, 2.75) is 68.2 Å². The predicted octanol–water partition coefficient (Wildman–Crippen LogP) is 13.4. The van der Waals surface area contributed by atoms with Crippen LogP contribution in [0.2, 0.25) is 0 Å². The lowest BCUT2D eigenvalue weighted by atomic mass is 9.88. The van der Waals surface area contributed by atoms with Crippen LogP contribution < -0.4 is 0 Å². The number of halogens is 1. The molecule has 2 aromatic rings. The van der Waals surface area contributed by atoms with E-state index in [-0.39, 0.29) is 88.8 Å². The summed E-state index contributed by atoms with van der Waals surface area (Å²) >= 11 is 4.76. The molecule has 0 N–H and O–H groups in total. The number of esters is 11. The molecular formula is C82H111ClO25. The van der Waals surface area contributed by atoms with Crippen LogP contribution in [0, 0.1) is 10.8 Å². The SMILES string of the molecule is C=C(C)C(=O)OC.C=C(C)C(=O)OCC(CC)(COC(=O)C(=C)C)COC(=O)C(=C)C.C=C(C)C(=O)OCCOC(=O)C(=C)C.C=CC(=O)OCC(CC)(COC(=O)C=C)COC(=O)C=C.C=CC(=O)OCCOCCOCCOCCOC(=O)C=C.C=CCl.C=Cc1ccc(C=C)cc1.C=Cc1ccccc1. The van der Waals surface area contributed by atoms with Crippen molar-refractivity contribution in [1.29, 1.82) is 0 Å². The van der Waals surface area contributed by atoms with Gasteiger partial charge >= 0.3 is 65.7 Å². The van der Waals surface area contributed by atoms with Gasteiger partial charge < -0.3 is 66.3 Å². The molecule has 0 aliphatic rings. The molecule has 0 fully saturated rings. The van der Waals surface area contributed by atoms with Crippen LogP contribution >= 0.6 is 11.6 Å². The van der Waals surface area contributed by atoms with E-state index in [4.69, 9.17) is 63.7 Å². The van der Waals surface area contributed by atoms with Crippen LogP contribution in [0.1, 0.15) is 84.9 Å². The molecule has 0 atom stereocenters. The van der Waals surface area contributed by atoms with Gasteiger partial charge in [-0.15, -0.1) is 0 Å². The Kier molecular flexibility index (Phi) is 70.1. The normalized spacial score (nSPS) is 9.46. The summed E-state index contributed by atoms with van der Waals surface area (Å²) in [6, 6.07) is 18.1. The quantitative estimate of drug-likeness (QED) is 0.0258. The molecule has 0 heterocycles. The standard InChI is InChI=1S/C18H26O6.C15H20O6.C14H22O7.C10H14O4.C10H10.C8H8.C5H8O2.C2H3Cl/c1-8-18(9-22-15(19)12(2)3,10-23-16(20)13(4)5)11-24-17(21)14(6)7;1-5-12(16)19-9-15(8-4,10-20-13(17)6-2)11-21-14(18)7-3;1-3-13(15)20-11-9-18-7-5-17-6-8-19-10-12-21-14(16)4-2;1-7(2)9(11)13-5-6-14-10(12)8(3)4;1-3-9-5-7-10(4-2)8-6-9;1-2-8-6-4-3-5-7-8;1-4(2)5(6)7-3;1-2-3/h2,4,6,8-11H2,1,3,5,7H3;5-7H,1-3,8-11H2,4H3;3-4H,1-2,5-12H2;1,3,5-6H2,2,4H3;3-8H,1-2H2;2-7H,1H2;1H2,2-3H3;2H,1H2. The third kappa shape index (κ3) is 64.5. The molecule has 0 unspecified atom stereocenters. The lowest BCUT2D eigenvalue weighted by molar-refractivity contribution is -0.159. The van der Waals surface area contributed by atoms with E-state index in [0.717, 1.165) is 41.5 Å². The van der Waals surface area contributed by atoms with Crippen molar-refractivity contribution in [1.82, 2.24) is 0 Å². The number of hydrogen-bond donors (Lipinski definition) is 0. The van der Waals surface area contributed by atoms with Gasteiger partial charge in [0.1, 0.15) is 66.1 Å². The fourth-order valence-corrected chi connectivity index (χ4v) is 5.85. The smallest absolute Gasteiger partial charge is 0.333 e. The first-order chi connectivity index (χ1) is 51.0. The number of carbonyl (C=O) groups is 11. The Hall–Kier alpha value is -11.1. The summed E-state index contributed by atoms with van der Waals surface area (Å²) in [4.78, 5) is 122. The van der Waals surface area contributed by atoms with Crippen molar-refractivity contribution >= 4 is 95.5 Å². The van der Waals surface area contributed by atoms with Crippen LogP contribution in [0.3, 0.4) is 0 Å². The molecule has 26 heteroatoms. The number of ether oxygens (including phenoxy) is 14. The lowest BCUT2D eigenvalue weighted by Crippen LogP contribution is -2.39. The van der Waals surface area contributed by atoms with Gasteiger partial charge in [-0.05, 0) is 76.6 Å². The average molecular weight is 1530 g/mol. The van der Waals surface area contributed by atoms with Crippen molar-refractivity contribution < 1.29 is 119 Å². The highest BCUT2D eigenvalue weighted by Gasteiger charge is 2.35. The molecule has 25 nitrogen and oxygen atoms in total. The van der Waals surface area contributed by atoms with E-state index in [1.807, 2.05) is 79.7 Å². The Balaban J connectivity index is -0.000000289. The van der Waals surface area contributed by atoms with Crippen LogP contribution in [-0.4, -0.2) is 178 Å². The van der Waals surface area contributed by atoms with Gasteiger partial charge in [-0.25, -0.2) is 52.7 Å². The Morgan fingerprint density at radius 1 is 0.315 bits per heavy atom. The second-order valence-corrected chi connectivity index (χ2v) is 22.0. The molecule has 0 spiro atoms. The maximum atomic E-state index is 11.6. The minimum absolute atomic E-state index is 0.0325. The predicted molar refractivity (Wildman–Crippen MR) is 419 cm³/mol. The van der Waals surface area contributed by atoms with E-state index in [1.54, 1.807) is 27.7 Å². The Morgan fingerprint density at radius 3 is 0.713 bits per heavy atom. The molecule has 0 amide bonds. The van der Waals surface area contributed by atoms with Crippen molar-refractivity contribution in [3.05, 3.63) is 239 Å². The highest BCUT2D eigenvalue weighted by atomic mass is 35.5. The van der Waals surface area contributed by atoms with Crippen LogP contribution in [0.25, 0.3) is 18.2 Å². The van der Waals surface area contributed by atoms with Gasteiger partial charge in [-0.3, -0.25) is 0 Å². The van der Waals surface area contributed by atoms with Gasteiger partial charge in [0.05, 0.1) is 57.6 Å². The van der Waals surface area contributed by atoms with Crippen LogP contribution in [0.5, 0.6) is 0 Å². The zero-order valence-corrected chi connectivity index (χ0v) is 65.1. The van der Waals surface area contributed by atoms with Gasteiger partial charge in [0.25, 0.3) is 0 Å². The third-order valence-electron chi connectivity index (χ3n) is 12.4. The molecule has 0 saturated heterocycles. The minimum atomic E-state index is -0.860. The zero-order chi connectivity index (χ0) is 83.9. The Bertz CT molecular complexity index is 3030. The first kappa shape index (κ1) is 108. The summed E-state index contributed by atoms with van der Waals surface area (Å²) in [5.74, 6) is -5.79. The van der Waals surface area contributed by atoms with E-state index < -0.39 is 70.5 Å². The molecule has 0 bridgehead atoms. The van der Waals surface area contributed by atoms with Gasteiger partial charge in [0.15, 0.2) is 0 Å². The molecule has 0 saturated carbocycles. The molecule has 0 aliphatic heterocycles. The molecule has 0 aliphatic carbocycles. The fourth-order valence-electron chi connectivity index (χ4n) is 5.85. The Morgan fingerprint density at radius 2 is 0.519 bits per heavy atom. The average Bonchev–Trinajstić information content (AvgIpc) is 0.860. The fraction of sp³-hybridized carbons (Fsp3) is 0.354. The van der Waals surface area contributed by atoms with Crippen molar-refractivity contribution in [2.75, 3.05) is 113 Å². The molecule has 2 rings (SSSR count). The lowest BCUT2D eigenvalue weighted by Gasteiger charge is -2.31. The second-order valence-electron chi connectivity index (χ2n) is 21.7. The summed E-state index contributed by atoms with van der Waals surface area (Å²) in [5, 5.41) is 0. The van der Waals surface area contributed by atoms with E-state index >= 15 is 0 Å². The van der Waals surface area contributed by atoms with Crippen LogP contribution in [0.15, 0.2) is 223 Å². The van der Waals surface area contributed by atoms with E-state index in [1.165, 1.54) is 39.0 Å². The number of hydrogen-bond acceptors (Lipinski definition) is 25. The molecule has 0 radical (unpaired) electrons. The monoisotopic (exact) mass is 1530 g/mol. The third-order valence-corrected chi connectivity index (χ3v) is 12.4. The molecule has 596 valence electrons. The van der Waals surface area contributed by atoms with Crippen LogP contribution in [-0.2, 0) is 119 Å². The zero-order valence-electron chi connectivity index (χ0n) is 64.3. The number of carbonyl (C=O) groups excluding carboxylic acids is 11. The van der Waals surface area contributed by atoms with Crippen molar-refractivity contribution in [3.8, 4) is 0 Å². The van der Waals surface area contributed by atoms with Gasteiger partial charge in [-0.1, -0.05) is 197 Å². The Labute approximate surface area is 642 Å². The molecule has 2 aromatic carbocycles. The topological polar surface area (TPSA) is 317 Å². The van der Waals surface area contributed by atoms with E-state index in [9.17, 15) is 52.7 Å². The number of methoxy groups -OCH3 is 1. The van der Waals surface area contributed by atoms with Crippen molar-refractivity contribution in [3.63, 3.8) is 0 Å². The van der Waals surface area contributed by atoms with E-state index in [2.05, 4.69) is 113 Å². The van der Waals surface area contributed by atoms with Gasteiger partial charge in [-0.2, -0.15) is 0 Å². The van der Waals surface area contributed by atoms with Crippen molar-refractivity contribution in [2.24, 2.45) is 10.8 Å². The maximum absolute atomic E-state index is 11.6. The summed E-state index contributed by atoms with van der Waals surface area (Å²) in [5.41, 5.74) is 4.80. The molecule has 0 aromatic heterocycles. The minimum Gasteiger partial charge on any atom is -0.466 e. The summed E-state index contributed by atoms with van der Waals surface area (Å²) in [6.07, 6.45) is 11.6. The van der Waals surface area contributed by atoms with Gasteiger partial charge in [0, 0.05) is 63.8 Å². The molecule has 108 heavy (non-hydrogen) atoms. The summed E-state index contributed by atoms with van der Waals surface area (Å²) in [6.45, 7) is 66.3. The highest BCUT2D eigenvalue weighted by molar-refractivity contribution is 6.25.